The predicted molar refractivity (Wildman–Crippen MR) is 105 cm³/mol. The maximum Gasteiger partial charge on any atom is 0.417 e. The summed E-state index contributed by atoms with van der Waals surface area (Å²) in [5.41, 5.74) is -1.29. The summed E-state index contributed by atoms with van der Waals surface area (Å²) in [5.74, 6) is 0.323. The lowest BCUT2D eigenvalue weighted by Crippen LogP contribution is -2.45. The Morgan fingerprint density at radius 3 is 2.43 bits per heavy atom. The van der Waals surface area contributed by atoms with E-state index in [1.54, 1.807) is 22.9 Å². The molecule has 1 aliphatic carbocycles. The SMILES string of the molecule is O=C(NC1CCCCC1)NS(=O)(=O)c1cc(Nc2ccccn2)ccc1C(F)(F)F. The van der Waals surface area contributed by atoms with Crippen molar-refractivity contribution in [3.63, 3.8) is 0 Å². The minimum absolute atomic E-state index is 0.0785. The fourth-order valence-electron chi connectivity index (χ4n) is 3.28. The Bertz CT molecular complexity index is 992. The Labute approximate surface area is 172 Å². The second-order valence-electron chi connectivity index (χ2n) is 6.96. The summed E-state index contributed by atoms with van der Waals surface area (Å²) in [6, 6.07) is 6.22. The van der Waals surface area contributed by atoms with Gasteiger partial charge >= 0.3 is 12.2 Å². The van der Waals surface area contributed by atoms with Crippen molar-refractivity contribution in [1.29, 1.82) is 0 Å². The summed E-state index contributed by atoms with van der Waals surface area (Å²) >= 11 is 0. The monoisotopic (exact) mass is 442 g/mol. The molecule has 1 heterocycles. The molecule has 0 atom stereocenters. The van der Waals surface area contributed by atoms with Crippen molar-refractivity contribution in [3.05, 3.63) is 48.2 Å². The van der Waals surface area contributed by atoms with Crippen molar-refractivity contribution in [2.24, 2.45) is 0 Å². The third-order valence-corrected chi connectivity index (χ3v) is 6.05. The van der Waals surface area contributed by atoms with Gasteiger partial charge in [-0.3, -0.25) is 0 Å². The Morgan fingerprint density at radius 1 is 1.07 bits per heavy atom. The van der Waals surface area contributed by atoms with Crippen LogP contribution in [0.3, 0.4) is 0 Å². The molecule has 1 saturated carbocycles. The van der Waals surface area contributed by atoms with E-state index in [1.165, 1.54) is 6.20 Å². The van der Waals surface area contributed by atoms with Crippen molar-refractivity contribution >= 4 is 27.6 Å². The summed E-state index contributed by atoms with van der Waals surface area (Å²) in [7, 11) is -4.78. The van der Waals surface area contributed by atoms with E-state index in [0.717, 1.165) is 31.4 Å². The third-order valence-electron chi connectivity index (χ3n) is 4.68. The molecule has 0 radical (unpaired) electrons. The lowest BCUT2D eigenvalue weighted by molar-refractivity contribution is -0.139. The molecule has 3 rings (SSSR count). The Balaban J connectivity index is 1.86. The highest BCUT2D eigenvalue weighted by Gasteiger charge is 2.38. The fourth-order valence-corrected chi connectivity index (χ4v) is 4.45. The van der Waals surface area contributed by atoms with Crippen molar-refractivity contribution in [2.45, 2.75) is 49.2 Å². The van der Waals surface area contributed by atoms with Crippen LogP contribution in [0.5, 0.6) is 0 Å². The molecular formula is C19H21F3N4O3S. The number of pyridine rings is 1. The first-order chi connectivity index (χ1) is 14.1. The van der Waals surface area contributed by atoms with Crippen LogP contribution in [0.2, 0.25) is 0 Å². The zero-order valence-corrected chi connectivity index (χ0v) is 16.7. The largest absolute Gasteiger partial charge is 0.417 e. The molecule has 1 aliphatic rings. The smallest absolute Gasteiger partial charge is 0.340 e. The van der Waals surface area contributed by atoms with Crippen LogP contribution in [-0.2, 0) is 16.2 Å². The summed E-state index contributed by atoms with van der Waals surface area (Å²) in [5, 5.41) is 5.26. The normalized spacial score (nSPS) is 15.4. The van der Waals surface area contributed by atoms with Gasteiger partial charge in [0, 0.05) is 17.9 Å². The van der Waals surface area contributed by atoms with Gasteiger partial charge in [-0.1, -0.05) is 25.3 Å². The number of amides is 2. The number of aromatic nitrogens is 1. The van der Waals surface area contributed by atoms with Crippen molar-refractivity contribution in [1.82, 2.24) is 15.0 Å². The second kappa shape index (κ2) is 8.90. The maximum absolute atomic E-state index is 13.4. The zero-order chi connectivity index (χ0) is 21.8. The van der Waals surface area contributed by atoms with Crippen molar-refractivity contribution < 1.29 is 26.4 Å². The molecule has 1 fully saturated rings. The van der Waals surface area contributed by atoms with E-state index in [1.807, 2.05) is 0 Å². The van der Waals surface area contributed by atoms with E-state index in [4.69, 9.17) is 0 Å². The molecule has 0 saturated heterocycles. The van der Waals surface area contributed by atoms with Crippen molar-refractivity contribution in [3.8, 4) is 0 Å². The molecule has 3 N–H and O–H groups in total. The molecule has 11 heteroatoms. The second-order valence-corrected chi connectivity index (χ2v) is 8.61. The van der Waals surface area contributed by atoms with Gasteiger partial charge in [0.25, 0.3) is 10.0 Å². The Hall–Kier alpha value is -2.82. The van der Waals surface area contributed by atoms with Crippen LogP contribution in [0.4, 0.5) is 29.5 Å². The number of halogens is 3. The van der Waals surface area contributed by atoms with Gasteiger partial charge in [-0.15, -0.1) is 0 Å². The van der Waals surface area contributed by atoms with E-state index < -0.39 is 32.7 Å². The maximum atomic E-state index is 13.4. The zero-order valence-electron chi connectivity index (χ0n) is 15.9. The average Bonchev–Trinajstić information content (AvgIpc) is 2.68. The van der Waals surface area contributed by atoms with Gasteiger partial charge in [-0.2, -0.15) is 13.2 Å². The van der Waals surface area contributed by atoms with Crippen LogP contribution in [-0.4, -0.2) is 25.5 Å². The first kappa shape index (κ1) is 21.9. The van der Waals surface area contributed by atoms with E-state index in [0.29, 0.717) is 24.7 Å². The number of sulfonamides is 1. The highest BCUT2D eigenvalue weighted by molar-refractivity contribution is 7.90. The molecule has 0 aliphatic heterocycles. The summed E-state index contributed by atoms with van der Waals surface area (Å²) in [6.45, 7) is 0. The van der Waals surface area contributed by atoms with E-state index in [-0.39, 0.29) is 11.7 Å². The standard InChI is InChI=1S/C19H21F3N4O3S/c20-19(21,22)15-10-9-14(24-17-8-4-5-11-23-17)12-16(15)30(28,29)26-18(27)25-13-6-2-1-3-7-13/h4-5,8-13H,1-3,6-7H2,(H,23,24)(H2,25,26,27). The van der Waals surface area contributed by atoms with E-state index in [9.17, 15) is 26.4 Å². The number of nitrogens with zero attached hydrogens (tertiary/aromatic N) is 1. The molecule has 0 unspecified atom stereocenters. The molecule has 30 heavy (non-hydrogen) atoms. The van der Waals surface area contributed by atoms with Crippen LogP contribution in [0.1, 0.15) is 37.7 Å². The topological polar surface area (TPSA) is 100 Å². The van der Waals surface area contributed by atoms with Crippen LogP contribution in [0.25, 0.3) is 0 Å². The van der Waals surface area contributed by atoms with Crippen LogP contribution in [0.15, 0.2) is 47.5 Å². The number of benzene rings is 1. The number of hydrogen-bond acceptors (Lipinski definition) is 5. The first-order valence-corrected chi connectivity index (χ1v) is 10.9. The minimum Gasteiger partial charge on any atom is -0.340 e. The molecular weight excluding hydrogens is 421 g/mol. The summed E-state index contributed by atoms with van der Waals surface area (Å²) in [6.07, 6.45) is 0.779. The number of urea groups is 1. The number of rotatable bonds is 5. The van der Waals surface area contributed by atoms with Crippen molar-refractivity contribution in [2.75, 3.05) is 5.32 Å². The number of anilines is 2. The predicted octanol–water partition coefficient (Wildman–Crippen LogP) is 4.16. The molecule has 0 spiro atoms. The van der Waals surface area contributed by atoms with Gasteiger partial charge in [-0.05, 0) is 43.2 Å². The number of carbonyl (C=O) groups excluding carboxylic acids is 1. The molecule has 7 nitrogen and oxygen atoms in total. The summed E-state index contributed by atoms with van der Waals surface area (Å²) < 4.78 is 67.3. The molecule has 1 aromatic heterocycles. The Kier molecular flexibility index (Phi) is 6.49. The van der Waals surface area contributed by atoms with Gasteiger partial charge in [0.05, 0.1) is 5.56 Å². The van der Waals surface area contributed by atoms with Gasteiger partial charge in [0.2, 0.25) is 0 Å². The highest BCUT2D eigenvalue weighted by atomic mass is 32.2. The first-order valence-electron chi connectivity index (χ1n) is 9.38. The number of carbonyl (C=O) groups is 1. The minimum atomic E-state index is -4.92. The van der Waals surface area contributed by atoms with Crippen LogP contribution >= 0.6 is 0 Å². The summed E-state index contributed by atoms with van der Waals surface area (Å²) in [4.78, 5) is 15.1. The fraction of sp³-hybridized carbons (Fsp3) is 0.368. The number of nitrogens with one attached hydrogen (secondary N) is 3. The molecule has 1 aromatic carbocycles. The third kappa shape index (κ3) is 5.62. The van der Waals surface area contributed by atoms with Crippen LogP contribution < -0.4 is 15.4 Å². The lowest BCUT2D eigenvalue weighted by atomic mass is 9.96. The van der Waals surface area contributed by atoms with Gasteiger partial charge in [0.1, 0.15) is 10.7 Å². The van der Waals surface area contributed by atoms with Gasteiger partial charge < -0.3 is 10.6 Å². The van der Waals surface area contributed by atoms with Gasteiger partial charge in [-0.25, -0.2) is 22.9 Å². The number of alkyl halides is 3. The van der Waals surface area contributed by atoms with E-state index >= 15 is 0 Å². The number of hydrogen-bond donors (Lipinski definition) is 3. The molecule has 0 bridgehead atoms. The molecule has 162 valence electrons. The quantitative estimate of drug-likeness (QED) is 0.646. The van der Waals surface area contributed by atoms with E-state index in [2.05, 4.69) is 15.6 Å². The average molecular weight is 442 g/mol. The molecule has 2 aromatic rings. The Morgan fingerprint density at radius 2 is 1.80 bits per heavy atom. The molecule has 2 amide bonds. The van der Waals surface area contributed by atoms with Gasteiger partial charge in [0.15, 0.2) is 0 Å². The lowest BCUT2D eigenvalue weighted by Gasteiger charge is -2.23. The van der Waals surface area contributed by atoms with Crippen LogP contribution in [0, 0.1) is 0 Å². The highest BCUT2D eigenvalue weighted by Crippen LogP contribution is 2.36.